The highest BCUT2D eigenvalue weighted by Gasteiger charge is 2.22. The maximum Gasteiger partial charge on any atom is 0.0605 e. The molecule has 2 aliphatic carbocycles. The molecule has 1 N–H and O–H groups in total. The zero-order valence-corrected chi connectivity index (χ0v) is 10.3. The summed E-state index contributed by atoms with van der Waals surface area (Å²) >= 11 is 0. The number of fused-ring (bicyclic) bond motifs is 1. The van der Waals surface area contributed by atoms with E-state index in [0.717, 1.165) is 6.54 Å². The second-order valence-electron chi connectivity index (χ2n) is 5.10. The summed E-state index contributed by atoms with van der Waals surface area (Å²) in [6, 6.07) is 4.75. The van der Waals surface area contributed by atoms with E-state index in [1.807, 2.05) is 12.3 Å². The lowest BCUT2D eigenvalue weighted by Gasteiger charge is -2.13. The van der Waals surface area contributed by atoms with Crippen molar-refractivity contribution in [3.63, 3.8) is 0 Å². The molecular weight excluding hydrogens is 208 g/mol. The van der Waals surface area contributed by atoms with Crippen molar-refractivity contribution < 1.29 is 0 Å². The third-order valence-electron chi connectivity index (χ3n) is 3.93. The van der Waals surface area contributed by atoms with Crippen LogP contribution in [0.2, 0.25) is 0 Å². The molecule has 0 radical (unpaired) electrons. The van der Waals surface area contributed by atoms with Crippen molar-refractivity contribution in [1.29, 1.82) is 0 Å². The zero-order valence-electron chi connectivity index (χ0n) is 10.3. The van der Waals surface area contributed by atoms with Gasteiger partial charge in [0.05, 0.1) is 11.7 Å². The van der Waals surface area contributed by atoms with Crippen molar-refractivity contribution in [3.05, 3.63) is 41.2 Å². The number of rotatable bonds is 4. The number of hydrogen-bond donors (Lipinski definition) is 1. The van der Waals surface area contributed by atoms with E-state index in [-0.39, 0.29) is 0 Å². The van der Waals surface area contributed by atoms with Crippen LogP contribution in [0.4, 0.5) is 0 Å². The van der Waals surface area contributed by atoms with E-state index in [1.54, 1.807) is 5.57 Å². The summed E-state index contributed by atoms with van der Waals surface area (Å²) in [5.41, 5.74) is 4.37. The fraction of sp³-hybridized carbons (Fsp3) is 0.533. The van der Waals surface area contributed by atoms with Gasteiger partial charge in [-0.15, -0.1) is 0 Å². The topological polar surface area (TPSA) is 24.9 Å². The van der Waals surface area contributed by atoms with Gasteiger partial charge in [0.25, 0.3) is 0 Å². The Kier molecular flexibility index (Phi) is 3.23. The number of nitrogens with one attached hydrogen (secondary N) is 1. The van der Waals surface area contributed by atoms with Gasteiger partial charge in [-0.05, 0) is 56.7 Å². The third kappa shape index (κ3) is 2.42. The van der Waals surface area contributed by atoms with Crippen molar-refractivity contribution >= 4 is 0 Å². The summed E-state index contributed by atoms with van der Waals surface area (Å²) in [5.74, 6) is 0. The van der Waals surface area contributed by atoms with E-state index in [1.165, 1.54) is 49.8 Å². The Hall–Kier alpha value is -1.15. The molecule has 3 rings (SSSR count). The molecule has 1 heterocycles. The van der Waals surface area contributed by atoms with Crippen LogP contribution in [-0.2, 0) is 6.42 Å². The summed E-state index contributed by atoms with van der Waals surface area (Å²) < 4.78 is 0. The molecule has 2 nitrogen and oxygen atoms in total. The van der Waals surface area contributed by atoms with Crippen molar-refractivity contribution in [3.8, 4) is 0 Å². The minimum atomic E-state index is 0.494. The number of allylic oxidation sites excluding steroid dienone is 1. The molecular formula is C15H20N2. The van der Waals surface area contributed by atoms with Gasteiger partial charge in [0, 0.05) is 6.20 Å². The summed E-state index contributed by atoms with van der Waals surface area (Å²) in [5, 5.41) is 3.66. The minimum absolute atomic E-state index is 0.494. The number of aryl methyl sites for hydroxylation is 1. The monoisotopic (exact) mass is 228 g/mol. The van der Waals surface area contributed by atoms with Gasteiger partial charge in [0.15, 0.2) is 0 Å². The molecule has 17 heavy (non-hydrogen) atoms. The van der Waals surface area contributed by atoms with Gasteiger partial charge in [-0.1, -0.05) is 17.7 Å². The number of pyridine rings is 1. The van der Waals surface area contributed by atoms with Crippen molar-refractivity contribution in [1.82, 2.24) is 10.3 Å². The van der Waals surface area contributed by atoms with Gasteiger partial charge >= 0.3 is 0 Å². The standard InChI is InChI=1S/C15H20N2/c1-2-5-12(4-1)9-11-16-14-8-7-13-6-3-10-17-15(13)14/h3-4,6,10,14,16H,1-2,5,7-9,11H2. The molecule has 0 aromatic carbocycles. The Balaban J connectivity index is 1.53. The molecule has 0 fully saturated rings. The molecule has 0 amide bonds. The molecule has 0 saturated carbocycles. The van der Waals surface area contributed by atoms with Gasteiger partial charge in [0.1, 0.15) is 0 Å². The van der Waals surface area contributed by atoms with E-state index in [4.69, 9.17) is 0 Å². The zero-order chi connectivity index (χ0) is 11.5. The van der Waals surface area contributed by atoms with Crippen molar-refractivity contribution in [2.75, 3.05) is 6.54 Å². The molecule has 1 atom stereocenters. The van der Waals surface area contributed by atoms with Crippen LogP contribution in [0.15, 0.2) is 30.0 Å². The maximum atomic E-state index is 4.51. The predicted molar refractivity (Wildman–Crippen MR) is 69.9 cm³/mol. The van der Waals surface area contributed by atoms with Gasteiger partial charge in [-0.3, -0.25) is 4.98 Å². The van der Waals surface area contributed by atoms with Crippen LogP contribution in [0.1, 0.15) is 49.4 Å². The molecule has 0 spiro atoms. The van der Waals surface area contributed by atoms with Crippen LogP contribution in [0.3, 0.4) is 0 Å². The number of nitrogens with zero attached hydrogens (tertiary/aromatic N) is 1. The second kappa shape index (κ2) is 5.01. The van der Waals surface area contributed by atoms with Crippen LogP contribution < -0.4 is 5.32 Å². The first-order valence-electron chi connectivity index (χ1n) is 6.78. The van der Waals surface area contributed by atoms with E-state index < -0.39 is 0 Å². The lowest BCUT2D eigenvalue weighted by atomic mass is 10.1. The average Bonchev–Trinajstić information content (AvgIpc) is 2.99. The molecule has 2 heteroatoms. The molecule has 0 saturated heterocycles. The summed E-state index contributed by atoms with van der Waals surface area (Å²) in [6.45, 7) is 1.10. The quantitative estimate of drug-likeness (QED) is 0.801. The van der Waals surface area contributed by atoms with Gasteiger partial charge < -0.3 is 5.32 Å². The fourth-order valence-electron chi connectivity index (χ4n) is 2.98. The molecule has 1 unspecified atom stereocenters. The average molecular weight is 228 g/mol. The van der Waals surface area contributed by atoms with Gasteiger partial charge in [-0.2, -0.15) is 0 Å². The summed E-state index contributed by atoms with van der Waals surface area (Å²) in [7, 11) is 0. The molecule has 90 valence electrons. The highest BCUT2D eigenvalue weighted by atomic mass is 14.9. The first-order chi connectivity index (χ1) is 8.43. The maximum absolute atomic E-state index is 4.51. The Morgan fingerprint density at radius 1 is 1.35 bits per heavy atom. The molecule has 1 aromatic heterocycles. The fourth-order valence-corrected chi connectivity index (χ4v) is 2.98. The van der Waals surface area contributed by atoms with Crippen LogP contribution in [-0.4, -0.2) is 11.5 Å². The van der Waals surface area contributed by atoms with E-state index >= 15 is 0 Å². The lowest BCUT2D eigenvalue weighted by molar-refractivity contribution is 0.522. The van der Waals surface area contributed by atoms with Gasteiger partial charge in [0.2, 0.25) is 0 Å². The molecule has 0 aliphatic heterocycles. The molecule has 0 bridgehead atoms. The summed E-state index contributed by atoms with van der Waals surface area (Å²) in [6.07, 6.45) is 11.9. The van der Waals surface area contributed by atoms with Crippen LogP contribution in [0.25, 0.3) is 0 Å². The summed E-state index contributed by atoms with van der Waals surface area (Å²) in [4.78, 5) is 4.51. The highest BCUT2D eigenvalue weighted by molar-refractivity contribution is 5.27. The van der Waals surface area contributed by atoms with Crippen molar-refractivity contribution in [2.45, 2.75) is 44.6 Å². The minimum Gasteiger partial charge on any atom is -0.308 e. The van der Waals surface area contributed by atoms with Crippen molar-refractivity contribution in [2.24, 2.45) is 0 Å². The Morgan fingerprint density at radius 3 is 3.24 bits per heavy atom. The largest absolute Gasteiger partial charge is 0.308 e. The van der Waals surface area contributed by atoms with E-state index in [2.05, 4.69) is 22.4 Å². The normalized spacial score (nSPS) is 22.6. The number of aromatic nitrogens is 1. The predicted octanol–water partition coefficient (Wildman–Crippen LogP) is 3.16. The Labute approximate surface area is 103 Å². The smallest absolute Gasteiger partial charge is 0.0605 e. The first kappa shape index (κ1) is 11.0. The van der Waals surface area contributed by atoms with Crippen LogP contribution in [0, 0.1) is 0 Å². The molecule has 2 aliphatic rings. The lowest BCUT2D eigenvalue weighted by Crippen LogP contribution is -2.21. The molecule has 1 aromatic rings. The third-order valence-corrected chi connectivity index (χ3v) is 3.93. The van der Waals surface area contributed by atoms with Gasteiger partial charge in [-0.25, -0.2) is 0 Å². The van der Waals surface area contributed by atoms with Crippen LogP contribution in [0.5, 0.6) is 0 Å². The van der Waals surface area contributed by atoms with E-state index in [9.17, 15) is 0 Å². The first-order valence-corrected chi connectivity index (χ1v) is 6.78. The van der Waals surface area contributed by atoms with Crippen LogP contribution >= 0.6 is 0 Å². The highest BCUT2D eigenvalue weighted by Crippen LogP contribution is 2.29. The Bertz CT molecular complexity index is 423. The second-order valence-corrected chi connectivity index (χ2v) is 5.10. The SMILES string of the molecule is C1=C(CCNC2CCc3cccnc32)CCC1. The number of hydrogen-bond acceptors (Lipinski definition) is 2. The Morgan fingerprint density at radius 2 is 2.35 bits per heavy atom. The van der Waals surface area contributed by atoms with E-state index in [0.29, 0.717) is 6.04 Å².